The molecule has 0 radical (unpaired) electrons. The maximum Gasteiger partial charge on any atom is 0.223 e. The van der Waals surface area contributed by atoms with Gasteiger partial charge in [-0.3, -0.25) is 0 Å². The molecule has 1 aliphatic heterocycles. The average molecular weight is 372 g/mol. The van der Waals surface area contributed by atoms with Crippen molar-refractivity contribution in [2.75, 3.05) is 31.6 Å². The van der Waals surface area contributed by atoms with E-state index in [1.54, 1.807) is 14.0 Å². The molecule has 1 unspecified atom stereocenters. The Labute approximate surface area is 160 Å². The van der Waals surface area contributed by atoms with Crippen molar-refractivity contribution in [3.63, 3.8) is 0 Å². The largest absolute Gasteiger partial charge is 0.497 e. The summed E-state index contributed by atoms with van der Waals surface area (Å²) in [5, 5.41) is 10.7. The number of hydrogen-bond acceptors (Lipinski definition) is 6. The molecule has 1 aromatic heterocycles. The minimum atomic E-state index is 0.315. The Bertz CT molecular complexity index is 760. The molecule has 27 heavy (non-hydrogen) atoms. The Kier molecular flexibility index (Phi) is 6.51. The van der Waals surface area contributed by atoms with Crippen LogP contribution in [0.5, 0.6) is 5.75 Å². The van der Waals surface area contributed by atoms with Gasteiger partial charge < -0.3 is 24.8 Å². The molecule has 0 saturated carbocycles. The molecule has 3 rings (SSSR count). The van der Waals surface area contributed by atoms with Gasteiger partial charge >= 0.3 is 0 Å². The van der Waals surface area contributed by atoms with Crippen LogP contribution >= 0.6 is 0 Å². The minimum absolute atomic E-state index is 0.315. The SMILES string of the molecule is CCNC(=NCc1noc(C)n1)NC1CCCN(c2cccc(OC)c2)C1. The van der Waals surface area contributed by atoms with Crippen LogP contribution in [-0.4, -0.2) is 48.9 Å². The van der Waals surface area contributed by atoms with Gasteiger partial charge in [0.2, 0.25) is 5.89 Å². The molecule has 2 N–H and O–H groups in total. The van der Waals surface area contributed by atoms with Crippen LogP contribution in [0.4, 0.5) is 5.69 Å². The fourth-order valence-electron chi connectivity index (χ4n) is 3.21. The number of anilines is 1. The number of rotatable bonds is 6. The molecular weight excluding hydrogens is 344 g/mol. The highest BCUT2D eigenvalue weighted by Gasteiger charge is 2.21. The lowest BCUT2D eigenvalue weighted by Crippen LogP contribution is -2.51. The lowest BCUT2D eigenvalue weighted by molar-refractivity contribution is 0.387. The van der Waals surface area contributed by atoms with E-state index in [4.69, 9.17) is 9.26 Å². The van der Waals surface area contributed by atoms with E-state index in [0.29, 0.717) is 24.3 Å². The maximum atomic E-state index is 5.35. The molecule has 8 heteroatoms. The third kappa shape index (κ3) is 5.35. The molecule has 1 aliphatic rings. The van der Waals surface area contributed by atoms with Crippen LogP contribution < -0.4 is 20.3 Å². The number of hydrogen-bond donors (Lipinski definition) is 2. The molecular formula is C19H28N6O2. The van der Waals surface area contributed by atoms with E-state index in [1.807, 2.05) is 12.1 Å². The molecule has 0 bridgehead atoms. The summed E-state index contributed by atoms with van der Waals surface area (Å²) in [5.74, 6) is 2.80. The van der Waals surface area contributed by atoms with Crippen molar-refractivity contribution in [3.05, 3.63) is 36.0 Å². The van der Waals surface area contributed by atoms with Gasteiger partial charge in [0.05, 0.1) is 7.11 Å². The normalized spacial score (nSPS) is 17.7. The number of aliphatic imine (C=N–C) groups is 1. The lowest BCUT2D eigenvalue weighted by Gasteiger charge is -2.35. The molecule has 1 aromatic carbocycles. The van der Waals surface area contributed by atoms with Crippen LogP contribution in [0.3, 0.4) is 0 Å². The Morgan fingerprint density at radius 1 is 1.44 bits per heavy atom. The highest BCUT2D eigenvalue weighted by atomic mass is 16.5. The van der Waals surface area contributed by atoms with Gasteiger partial charge in [0.1, 0.15) is 12.3 Å². The van der Waals surface area contributed by atoms with Crippen LogP contribution in [0.15, 0.2) is 33.8 Å². The summed E-state index contributed by atoms with van der Waals surface area (Å²) < 4.78 is 10.4. The van der Waals surface area contributed by atoms with E-state index in [2.05, 4.69) is 49.7 Å². The highest BCUT2D eigenvalue weighted by molar-refractivity contribution is 5.80. The van der Waals surface area contributed by atoms with Gasteiger partial charge in [0.25, 0.3) is 0 Å². The van der Waals surface area contributed by atoms with E-state index in [1.165, 1.54) is 5.69 Å². The van der Waals surface area contributed by atoms with Crippen molar-refractivity contribution in [3.8, 4) is 5.75 Å². The number of methoxy groups -OCH3 is 1. The van der Waals surface area contributed by atoms with Gasteiger partial charge in [-0.2, -0.15) is 4.98 Å². The minimum Gasteiger partial charge on any atom is -0.497 e. The number of nitrogens with zero attached hydrogens (tertiary/aromatic N) is 4. The Hall–Kier alpha value is -2.77. The molecule has 1 atom stereocenters. The van der Waals surface area contributed by atoms with E-state index in [9.17, 15) is 0 Å². The first-order valence-electron chi connectivity index (χ1n) is 9.41. The van der Waals surface area contributed by atoms with Crippen LogP contribution in [-0.2, 0) is 6.54 Å². The molecule has 2 aromatic rings. The standard InChI is InChI=1S/C19H28N6O2/c1-4-20-19(21-12-18-22-14(2)27-24-18)23-15-7-6-10-25(13-15)16-8-5-9-17(11-16)26-3/h5,8-9,11,15H,4,6-7,10,12-13H2,1-3H3,(H2,20,21,23). The van der Waals surface area contributed by atoms with Gasteiger partial charge in [-0.15, -0.1) is 0 Å². The maximum absolute atomic E-state index is 5.35. The fourth-order valence-corrected chi connectivity index (χ4v) is 3.21. The number of piperidine rings is 1. The van der Waals surface area contributed by atoms with Crippen LogP contribution in [0.2, 0.25) is 0 Å². The monoisotopic (exact) mass is 372 g/mol. The second kappa shape index (κ2) is 9.25. The smallest absolute Gasteiger partial charge is 0.223 e. The van der Waals surface area contributed by atoms with Crippen molar-refractivity contribution in [2.45, 2.75) is 39.3 Å². The number of nitrogens with one attached hydrogen (secondary N) is 2. The first kappa shape index (κ1) is 19.0. The van der Waals surface area contributed by atoms with Crippen molar-refractivity contribution in [2.24, 2.45) is 4.99 Å². The molecule has 0 spiro atoms. The highest BCUT2D eigenvalue weighted by Crippen LogP contribution is 2.24. The zero-order chi connectivity index (χ0) is 19.1. The zero-order valence-electron chi connectivity index (χ0n) is 16.2. The predicted octanol–water partition coefficient (Wildman–Crippen LogP) is 2.11. The van der Waals surface area contributed by atoms with Gasteiger partial charge in [0.15, 0.2) is 11.8 Å². The van der Waals surface area contributed by atoms with E-state index < -0.39 is 0 Å². The number of ether oxygens (including phenoxy) is 1. The van der Waals surface area contributed by atoms with Crippen LogP contribution in [0.25, 0.3) is 0 Å². The van der Waals surface area contributed by atoms with Crippen molar-refractivity contribution in [1.29, 1.82) is 0 Å². The van der Waals surface area contributed by atoms with Crippen LogP contribution in [0.1, 0.15) is 31.5 Å². The summed E-state index contributed by atoms with van der Waals surface area (Å²) >= 11 is 0. The summed E-state index contributed by atoms with van der Waals surface area (Å²) in [5.41, 5.74) is 1.19. The van der Waals surface area contributed by atoms with Gasteiger partial charge in [0, 0.05) is 44.4 Å². The summed E-state index contributed by atoms with van der Waals surface area (Å²) in [6.07, 6.45) is 2.23. The molecule has 0 amide bonds. The Morgan fingerprint density at radius 3 is 3.07 bits per heavy atom. The predicted molar refractivity (Wildman–Crippen MR) is 105 cm³/mol. The first-order valence-corrected chi connectivity index (χ1v) is 9.41. The number of aromatic nitrogens is 2. The second-order valence-corrected chi connectivity index (χ2v) is 6.56. The molecule has 0 aliphatic carbocycles. The third-order valence-corrected chi connectivity index (χ3v) is 4.47. The Balaban J connectivity index is 1.63. The molecule has 1 fully saturated rings. The van der Waals surface area contributed by atoms with E-state index >= 15 is 0 Å². The van der Waals surface area contributed by atoms with Gasteiger partial charge in [-0.1, -0.05) is 11.2 Å². The summed E-state index contributed by atoms with van der Waals surface area (Å²) in [4.78, 5) is 11.2. The summed E-state index contributed by atoms with van der Waals surface area (Å²) in [6, 6.07) is 8.53. The summed E-state index contributed by atoms with van der Waals surface area (Å²) in [6.45, 7) is 6.97. The van der Waals surface area contributed by atoms with E-state index in [0.717, 1.165) is 44.2 Å². The zero-order valence-corrected chi connectivity index (χ0v) is 16.2. The topological polar surface area (TPSA) is 87.8 Å². The van der Waals surface area contributed by atoms with E-state index in [-0.39, 0.29) is 0 Å². The second-order valence-electron chi connectivity index (χ2n) is 6.56. The van der Waals surface area contributed by atoms with Crippen molar-refractivity contribution in [1.82, 2.24) is 20.8 Å². The number of aryl methyl sites for hydroxylation is 1. The van der Waals surface area contributed by atoms with Gasteiger partial charge in [-0.25, -0.2) is 4.99 Å². The number of guanidine groups is 1. The quantitative estimate of drug-likeness (QED) is 0.593. The average Bonchev–Trinajstić information content (AvgIpc) is 3.12. The first-order chi connectivity index (χ1) is 13.2. The van der Waals surface area contributed by atoms with Crippen molar-refractivity contribution >= 4 is 11.6 Å². The lowest BCUT2D eigenvalue weighted by atomic mass is 10.0. The molecule has 146 valence electrons. The fraction of sp³-hybridized carbons (Fsp3) is 0.526. The van der Waals surface area contributed by atoms with Gasteiger partial charge in [-0.05, 0) is 31.9 Å². The molecule has 1 saturated heterocycles. The van der Waals surface area contributed by atoms with Crippen molar-refractivity contribution < 1.29 is 9.26 Å². The third-order valence-electron chi connectivity index (χ3n) is 4.47. The summed E-state index contributed by atoms with van der Waals surface area (Å²) in [7, 11) is 1.70. The van der Waals surface area contributed by atoms with Crippen LogP contribution in [0, 0.1) is 6.92 Å². The molecule has 8 nitrogen and oxygen atoms in total. The number of benzene rings is 1. The Morgan fingerprint density at radius 2 is 2.33 bits per heavy atom. The molecule has 2 heterocycles.